The second kappa shape index (κ2) is 4.37. The summed E-state index contributed by atoms with van der Waals surface area (Å²) in [5, 5.41) is 2.42. The molecule has 0 aromatic carbocycles. The van der Waals surface area contributed by atoms with E-state index in [1.165, 1.54) is 32.1 Å². The zero-order valence-electron chi connectivity index (χ0n) is 6.94. The number of rotatable bonds is 2. The van der Waals surface area contributed by atoms with Crippen molar-refractivity contribution >= 4 is 5.91 Å². The van der Waals surface area contributed by atoms with E-state index in [1.807, 2.05) is 0 Å². The normalized spacial score (nSPS) is 19.7. The molecule has 0 heterocycles. The molecule has 2 heteroatoms. The van der Waals surface area contributed by atoms with Crippen LogP contribution in [0.15, 0.2) is 0 Å². The maximum atomic E-state index is 10.9. The topological polar surface area (TPSA) is 29.1 Å². The summed E-state index contributed by atoms with van der Waals surface area (Å²) in [4.78, 5) is 10.9. The Kier molecular flexibility index (Phi) is 3.40. The molecular formula is C9H16NO. The SMILES string of the molecule is [CH2]NC(=O)CC1CCCCC1. The van der Waals surface area contributed by atoms with E-state index in [0.29, 0.717) is 12.3 Å². The summed E-state index contributed by atoms with van der Waals surface area (Å²) in [7, 11) is 3.35. The summed E-state index contributed by atoms with van der Waals surface area (Å²) in [6, 6.07) is 0. The molecule has 0 aliphatic heterocycles. The first-order chi connectivity index (χ1) is 5.33. The van der Waals surface area contributed by atoms with Crippen LogP contribution in [-0.2, 0) is 4.79 Å². The molecule has 1 fully saturated rings. The fraction of sp³-hybridized carbons (Fsp3) is 0.778. The third-order valence-corrected chi connectivity index (χ3v) is 2.40. The molecule has 1 saturated carbocycles. The third-order valence-electron chi connectivity index (χ3n) is 2.40. The largest absolute Gasteiger partial charge is 0.354 e. The Morgan fingerprint density at radius 3 is 2.55 bits per heavy atom. The van der Waals surface area contributed by atoms with Crippen LogP contribution in [0.5, 0.6) is 0 Å². The van der Waals surface area contributed by atoms with Crippen molar-refractivity contribution in [1.82, 2.24) is 5.32 Å². The van der Waals surface area contributed by atoms with Gasteiger partial charge in [-0.1, -0.05) is 19.3 Å². The van der Waals surface area contributed by atoms with E-state index in [-0.39, 0.29) is 5.91 Å². The molecule has 0 saturated heterocycles. The smallest absolute Gasteiger partial charge is 0.220 e. The van der Waals surface area contributed by atoms with Gasteiger partial charge >= 0.3 is 0 Å². The van der Waals surface area contributed by atoms with Crippen LogP contribution >= 0.6 is 0 Å². The molecule has 0 bridgehead atoms. The second-order valence-electron chi connectivity index (χ2n) is 3.31. The highest BCUT2D eigenvalue weighted by Gasteiger charge is 2.15. The Bertz CT molecular complexity index is 128. The molecule has 1 aliphatic rings. The minimum atomic E-state index is 0.0944. The molecule has 63 valence electrons. The van der Waals surface area contributed by atoms with Crippen molar-refractivity contribution in [3.05, 3.63) is 7.05 Å². The molecule has 2 nitrogen and oxygen atoms in total. The maximum absolute atomic E-state index is 10.9. The van der Waals surface area contributed by atoms with Gasteiger partial charge in [-0.25, -0.2) is 0 Å². The van der Waals surface area contributed by atoms with Gasteiger partial charge < -0.3 is 5.32 Å². The van der Waals surface area contributed by atoms with Crippen LogP contribution in [0.25, 0.3) is 0 Å². The van der Waals surface area contributed by atoms with Gasteiger partial charge in [0.1, 0.15) is 0 Å². The van der Waals surface area contributed by atoms with Gasteiger partial charge in [-0.3, -0.25) is 4.79 Å². The average molecular weight is 154 g/mol. The Morgan fingerprint density at radius 1 is 1.36 bits per heavy atom. The van der Waals surface area contributed by atoms with Gasteiger partial charge in [0.2, 0.25) is 5.91 Å². The zero-order valence-corrected chi connectivity index (χ0v) is 6.94. The highest BCUT2D eigenvalue weighted by Crippen LogP contribution is 2.25. The Morgan fingerprint density at radius 2 is 2.00 bits per heavy atom. The summed E-state index contributed by atoms with van der Waals surface area (Å²) in [5.74, 6) is 0.724. The number of nitrogens with one attached hydrogen (secondary N) is 1. The number of carbonyl (C=O) groups is 1. The van der Waals surface area contributed by atoms with Gasteiger partial charge in [0.15, 0.2) is 0 Å². The minimum absolute atomic E-state index is 0.0944. The van der Waals surface area contributed by atoms with E-state index in [0.717, 1.165) is 0 Å². The van der Waals surface area contributed by atoms with Crippen LogP contribution < -0.4 is 5.32 Å². The first-order valence-electron chi connectivity index (χ1n) is 4.39. The first kappa shape index (κ1) is 8.57. The van der Waals surface area contributed by atoms with Crippen molar-refractivity contribution in [2.24, 2.45) is 5.92 Å². The molecule has 0 spiro atoms. The standard InChI is InChI=1S/C9H16NO/c1-10-9(11)7-8-5-3-2-4-6-8/h8H,1-7H2,(H,10,11). The van der Waals surface area contributed by atoms with Crippen LogP contribution in [0, 0.1) is 13.0 Å². The lowest BCUT2D eigenvalue weighted by Crippen LogP contribution is -2.20. The van der Waals surface area contributed by atoms with E-state index in [9.17, 15) is 4.79 Å². The van der Waals surface area contributed by atoms with Crippen molar-refractivity contribution in [2.75, 3.05) is 0 Å². The van der Waals surface area contributed by atoms with Crippen LogP contribution in [0.1, 0.15) is 38.5 Å². The number of hydrogen-bond acceptors (Lipinski definition) is 1. The predicted octanol–water partition coefficient (Wildman–Crippen LogP) is 1.86. The van der Waals surface area contributed by atoms with Crippen molar-refractivity contribution in [3.63, 3.8) is 0 Å². The maximum Gasteiger partial charge on any atom is 0.220 e. The monoisotopic (exact) mass is 154 g/mol. The van der Waals surface area contributed by atoms with E-state index >= 15 is 0 Å². The van der Waals surface area contributed by atoms with Crippen molar-refractivity contribution in [1.29, 1.82) is 0 Å². The van der Waals surface area contributed by atoms with Gasteiger partial charge in [-0.2, -0.15) is 0 Å². The number of hydrogen-bond donors (Lipinski definition) is 1. The van der Waals surface area contributed by atoms with Crippen LogP contribution in [-0.4, -0.2) is 5.91 Å². The fourth-order valence-electron chi connectivity index (χ4n) is 1.73. The Balaban J connectivity index is 2.19. The highest BCUT2D eigenvalue weighted by molar-refractivity contribution is 5.76. The number of amides is 1. The summed E-state index contributed by atoms with van der Waals surface area (Å²) in [5.41, 5.74) is 0. The molecule has 1 N–H and O–H groups in total. The lowest BCUT2D eigenvalue weighted by atomic mass is 9.87. The van der Waals surface area contributed by atoms with Gasteiger partial charge in [0.05, 0.1) is 0 Å². The molecule has 0 aromatic heterocycles. The van der Waals surface area contributed by atoms with Gasteiger partial charge in [0, 0.05) is 13.5 Å². The molecule has 0 atom stereocenters. The molecule has 0 aromatic rings. The van der Waals surface area contributed by atoms with Crippen LogP contribution in [0.2, 0.25) is 0 Å². The molecule has 0 unspecified atom stereocenters. The summed E-state index contributed by atoms with van der Waals surface area (Å²) in [6.45, 7) is 0. The lowest BCUT2D eigenvalue weighted by Gasteiger charge is -2.20. The molecule has 11 heavy (non-hydrogen) atoms. The summed E-state index contributed by atoms with van der Waals surface area (Å²) < 4.78 is 0. The summed E-state index contributed by atoms with van der Waals surface area (Å²) >= 11 is 0. The fourth-order valence-corrected chi connectivity index (χ4v) is 1.73. The quantitative estimate of drug-likeness (QED) is 0.646. The first-order valence-corrected chi connectivity index (χ1v) is 4.39. The minimum Gasteiger partial charge on any atom is -0.354 e. The Hall–Kier alpha value is -0.530. The van der Waals surface area contributed by atoms with Crippen LogP contribution in [0.3, 0.4) is 0 Å². The second-order valence-corrected chi connectivity index (χ2v) is 3.31. The van der Waals surface area contributed by atoms with E-state index in [1.54, 1.807) is 0 Å². The highest BCUT2D eigenvalue weighted by atomic mass is 16.1. The Labute approximate surface area is 68.4 Å². The van der Waals surface area contributed by atoms with E-state index in [4.69, 9.17) is 0 Å². The molecular weight excluding hydrogens is 138 g/mol. The molecule has 1 aliphatic carbocycles. The summed E-state index contributed by atoms with van der Waals surface area (Å²) in [6.07, 6.45) is 7.09. The third kappa shape index (κ3) is 2.91. The number of carbonyl (C=O) groups excluding carboxylic acids is 1. The van der Waals surface area contributed by atoms with Crippen molar-refractivity contribution < 1.29 is 4.79 Å². The van der Waals surface area contributed by atoms with E-state index < -0.39 is 0 Å². The van der Waals surface area contributed by atoms with Crippen LogP contribution in [0.4, 0.5) is 0 Å². The average Bonchev–Trinajstić information content (AvgIpc) is 2.06. The molecule has 1 amide bonds. The van der Waals surface area contributed by atoms with Gasteiger partial charge in [-0.15, -0.1) is 0 Å². The van der Waals surface area contributed by atoms with E-state index in [2.05, 4.69) is 12.4 Å². The lowest BCUT2D eigenvalue weighted by molar-refractivity contribution is -0.121. The van der Waals surface area contributed by atoms with Gasteiger partial charge in [0.25, 0.3) is 0 Å². The van der Waals surface area contributed by atoms with Crippen molar-refractivity contribution in [2.45, 2.75) is 38.5 Å². The van der Waals surface area contributed by atoms with Crippen molar-refractivity contribution in [3.8, 4) is 0 Å². The van der Waals surface area contributed by atoms with Gasteiger partial charge in [-0.05, 0) is 18.8 Å². The molecule has 1 rings (SSSR count). The molecule has 1 radical (unpaired) electrons. The predicted molar refractivity (Wildman–Crippen MR) is 44.7 cm³/mol. The zero-order chi connectivity index (χ0) is 8.10.